The maximum absolute atomic E-state index is 12.5. The monoisotopic (exact) mass is 340 g/mol. The fraction of sp³-hybridized carbons (Fsp3) is 0.353. The molecule has 1 aromatic carbocycles. The average molecular weight is 340 g/mol. The molecule has 0 saturated heterocycles. The quantitative estimate of drug-likeness (QED) is 0.842. The van der Waals surface area contributed by atoms with Crippen molar-refractivity contribution >= 4 is 0 Å². The Hall–Kier alpha value is -2.12. The highest BCUT2D eigenvalue weighted by Crippen LogP contribution is 2.30. The van der Waals surface area contributed by atoms with E-state index in [1.165, 1.54) is 12.1 Å². The number of rotatable bonds is 7. The van der Waals surface area contributed by atoms with Crippen molar-refractivity contribution in [2.24, 2.45) is 0 Å². The van der Waals surface area contributed by atoms with Crippen LogP contribution in [0.25, 0.3) is 0 Å². The molecule has 0 saturated carbocycles. The van der Waals surface area contributed by atoms with Gasteiger partial charge in [0.25, 0.3) is 0 Å². The molecule has 0 fully saturated rings. The van der Waals surface area contributed by atoms with Gasteiger partial charge in [0, 0.05) is 25.5 Å². The molecule has 1 unspecified atom stereocenters. The zero-order valence-corrected chi connectivity index (χ0v) is 13.2. The minimum absolute atomic E-state index is 0.00272. The number of aromatic nitrogens is 1. The van der Waals surface area contributed by atoms with Crippen molar-refractivity contribution in [2.45, 2.75) is 18.8 Å². The summed E-state index contributed by atoms with van der Waals surface area (Å²) < 4.78 is 42.7. The smallest absolute Gasteiger partial charge is 0.416 e. The van der Waals surface area contributed by atoms with Gasteiger partial charge in [0.2, 0.25) is 0 Å². The summed E-state index contributed by atoms with van der Waals surface area (Å²) in [5, 5.41) is 9.98. The summed E-state index contributed by atoms with van der Waals surface area (Å²) in [5.74, 6) is 0.289. The Morgan fingerprint density at radius 3 is 2.50 bits per heavy atom. The van der Waals surface area contributed by atoms with Crippen LogP contribution in [0.1, 0.15) is 11.1 Å². The first kappa shape index (κ1) is 18.2. The number of ether oxygens (including phenoxy) is 1. The molecule has 4 nitrogen and oxygen atoms in total. The SMILES string of the molecule is CN(Cc1cccnc1)CC(O)COc1ccc(C(F)(F)F)cc1. The van der Waals surface area contributed by atoms with E-state index in [0.29, 0.717) is 13.1 Å². The molecule has 1 atom stereocenters. The fourth-order valence-corrected chi connectivity index (χ4v) is 2.21. The number of pyridine rings is 1. The first-order valence-corrected chi connectivity index (χ1v) is 7.40. The van der Waals surface area contributed by atoms with E-state index in [0.717, 1.165) is 17.7 Å². The highest BCUT2D eigenvalue weighted by molar-refractivity contribution is 5.28. The Bertz CT molecular complexity index is 618. The normalized spacial score (nSPS) is 13.1. The van der Waals surface area contributed by atoms with Gasteiger partial charge in [-0.15, -0.1) is 0 Å². The van der Waals surface area contributed by atoms with Gasteiger partial charge in [0.05, 0.1) is 5.56 Å². The van der Waals surface area contributed by atoms with Gasteiger partial charge in [0.15, 0.2) is 0 Å². The Morgan fingerprint density at radius 1 is 1.21 bits per heavy atom. The second-order valence-electron chi connectivity index (χ2n) is 5.54. The van der Waals surface area contributed by atoms with Gasteiger partial charge in [-0.3, -0.25) is 9.88 Å². The van der Waals surface area contributed by atoms with Crippen LogP contribution >= 0.6 is 0 Å². The van der Waals surface area contributed by atoms with Crippen molar-refractivity contribution in [3.63, 3.8) is 0 Å². The summed E-state index contributed by atoms with van der Waals surface area (Å²) in [7, 11) is 1.86. The lowest BCUT2D eigenvalue weighted by Crippen LogP contribution is -2.32. The van der Waals surface area contributed by atoms with E-state index < -0.39 is 17.8 Å². The minimum atomic E-state index is -4.37. The summed E-state index contributed by atoms with van der Waals surface area (Å²) in [6, 6.07) is 8.18. The molecule has 0 amide bonds. The van der Waals surface area contributed by atoms with Crippen molar-refractivity contribution in [1.29, 1.82) is 0 Å². The van der Waals surface area contributed by atoms with Gasteiger partial charge in [-0.1, -0.05) is 6.07 Å². The molecule has 0 spiro atoms. The van der Waals surface area contributed by atoms with Crippen LogP contribution in [0, 0.1) is 0 Å². The molecule has 0 aliphatic heterocycles. The van der Waals surface area contributed by atoms with Gasteiger partial charge < -0.3 is 9.84 Å². The molecular formula is C17H19F3N2O2. The summed E-state index contributed by atoms with van der Waals surface area (Å²) >= 11 is 0. The summed E-state index contributed by atoms with van der Waals surface area (Å²) in [5.41, 5.74) is 0.294. The zero-order valence-electron chi connectivity index (χ0n) is 13.2. The molecule has 0 aliphatic carbocycles. The van der Waals surface area contributed by atoms with Gasteiger partial charge in [-0.25, -0.2) is 0 Å². The largest absolute Gasteiger partial charge is 0.491 e. The van der Waals surface area contributed by atoms with Gasteiger partial charge >= 0.3 is 6.18 Å². The lowest BCUT2D eigenvalue weighted by molar-refractivity contribution is -0.137. The van der Waals surface area contributed by atoms with E-state index in [2.05, 4.69) is 4.98 Å². The Balaban J connectivity index is 1.77. The molecule has 0 radical (unpaired) electrons. The van der Waals surface area contributed by atoms with Crippen molar-refractivity contribution < 1.29 is 23.0 Å². The summed E-state index contributed by atoms with van der Waals surface area (Å²) in [6.07, 6.45) is -1.68. The van der Waals surface area contributed by atoms with Crippen LogP contribution in [-0.2, 0) is 12.7 Å². The first-order valence-electron chi connectivity index (χ1n) is 7.40. The minimum Gasteiger partial charge on any atom is -0.491 e. The number of alkyl halides is 3. The Morgan fingerprint density at radius 2 is 1.92 bits per heavy atom. The number of benzene rings is 1. The standard InChI is InChI=1S/C17H19F3N2O2/c1-22(10-13-3-2-8-21-9-13)11-15(23)12-24-16-6-4-14(5-7-16)17(18,19)20/h2-9,15,23H,10-12H2,1H3. The lowest BCUT2D eigenvalue weighted by atomic mass is 10.2. The predicted molar refractivity (Wildman–Crippen MR) is 83.5 cm³/mol. The number of hydrogen-bond donors (Lipinski definition) is 1. The second kappa shape index (κ2) is 8.12. The molecule has 1 N–H and O–H groups in total. The predicted octanol–water partition coefficient (Wildman–Crippen LogP) is 2.97. The number of likely N-dealkylation sites (N-methyl/N-ethyl adjacent to an activating group) is 1. The average Bonchev–Trinajstić information content (AvgIpc) is 2.53. The van der Waals surface area contributed by atoms with Gasteiger partial charge in [0.1, 0.15) is 18.5 Å². The first-order chi connectivity index (χ1) is 11.3. The number of halogens is 3. The molecule has 2 aromatic rings. The number of aliphatic hydroxyl groups excluding tert-OH is 1. The van der Waals surface area contributed by atoms with Crippen LogP contribution < -0.4 is 4.74 Å². The zero-order chi connectivity index (χ0) is 17.6. The van der Waals surface area contributed by atoms with Crippen LogP contribution in [-0.4, -0.2) is 41.3 Å². The highest BCUT2D eigenvalue weighted by atomic mass is 19.4. The lowest BCUT2D eigenvalue weighted by Gasteiger charge is -2.20. The van der Waals surface area contributed by atoms with Crippen LogP contribution in [0.3, 0.4) is 0 Å². The van der Waals surface area contributed by atoms with Crippen molar-refractivity contribution in [2.75, 3.05) is 20.2 Å². The van der Waals surface area contributed by atoms with Crippen LogP contribution in [0.15, 0.2) is 48.8 Å². The number of hydrogen-bond acceptors (Lipinski definition) is 4. The van der Waals surface area contributed by atoms with Crippen molar-refractivity contribution in [3.8, 4) is 5.75 Å². The van der Waals surface area contributed by atoms with E-state index in [1.54, 1.807) is 12.4 Å². The molecule has 2 rings (SSSR count). The van der Waals surface area contributed by atoms with Crippen LogP contribution in [0.4, 0.5) is 13.2 Å². The van der Waals surface area contributed by atoms with E-state index in [4.69, 9.17) is 4.74 Å². The van der Waals surface area contributed by atoms with E-state index >= 15 is 0 Å². The Kier molecular flexibility index (Phi) is 6.16. The topological polar surface area (TPSA) is 45.6 Å². The molecule has 1 heterocycles. The van der Waals surface area contributed by atoms with Crippen molar-refractivity contribution in [3.05, 3.63) is 59.9 Å². The van der Waals surface area contributed by atoms with Gasteiger partial charge in [-0.2, -0.15) is 13.2 Å². The van der Waals surface area contributed by atoms with Gasteiger partial charge in [-0.05, 0) is 42.9 Å². The molecule has 7 heteroatoms. The second-order valence-corrected chi connectivity index (χ2v) is 5.54. The third-order valence-electron chi connectivity index (χ3n) is 3.32. The summed E-state index contributed by atoms with van der Waals surface area (Å²) in [6.45, 7) is 1.00. The van der Waals surface area contributed by atoms with Crippen molar-refractivity contribution in [1.82, 2.24) is 9.88 Å². The maximum Gasteiger partial charge on any atom is 0.416 e. The molecule has 0 bridgehead atoms. The fourth-order valence-electron chi connectivity index (χ4n) is 2.21. The van der Waals surface area contributed by atoms with E-state index in [9.17, 15) is 18.3 Å². The third-order valence-corrected chi connectivity index (χ3v) is 3.32. The summed E-state index contributed by atoms with van der Waals surface area (Å²) in [4.78, 5) is 5.94. The van der Waals surface area contributed by atoms with E-state index in [1.807, 2.05) is 24.1 Å². The maximum atomic E-state index is 12.5. The molecule has 0 aliphatic rings. The molecule has 24 heavy (non-hydrogen) atoms. The molecule has 1 aromatic heterocycles. The van der Waals surface area contributed by atoms with Crippen LogP contribution in [0.5, 0.6) is 5.75 Å². The highest BCUT2D eigenvalue weighted by Gasteiger charge is 2.30. The Labute approximate surface area is 138 Å². The molecule has 130 valence electrons. The molecular weight excluding hydrogens is 321 g/mol. The van der Waals surface area contributed by atoms with E-state index in [-0.39, 0.29) is 12.4 Å². The van der Waals surface area contributed by atoms with Crippen LogP contribution in [0.2, 0.25) is 0 Å². The third kappa shape index (κ3) is 5.82. The number of aliphatic hydroxyl groups is 1. The number of nitrogens with zero attached hydrogens (tertiary/aromatic N) is 2.